The van der Waals surface area contributed by atoms with Crippen LogP contribution in [-0.4, -0.2) is 25.9 Å². The minimum atomic E-state index is 0.507. The number of anilines is 1. The summed E-state index contributed by atoms with van der Waals surface area (Å²) in [5.41, 5.74) is 4.93. The zero-order chi connectivity index (χ0) is 17.5. The Hall–Kier alpha value is -2.95. The first kappa shape index (κ1) is 15.3. The lowest BCUT2D eigenvalue weighted by atomic mass is 10.1. The Labute approximate surface area is 152 Å². The van der Waals surface area contributed by atoms with E-state index >= 15 is 0 Å². The Bertz CT molecular complexity index is 1070. The Morgan fingerprint density at radius 1 is 1.00 bits per heavy atom. The van der Waals surface area contributed by atoms with Gasteiger partial charge in [-0.05, 0) is 31.9 Å². The van der Waals surface area contributed by atoms with E-state index in [0.29, 0.717) is 6.04 Å². The van der Waals surface area contributed by atoms with E-state index in [1.54, 1.807) is 0 Å². The first-order chi connectivity index (χ1) is 12.8. The Balaban J connectivity index is 1.71. The molecule has 2 heterocycles. The molecule has 0 unspecified atom stereocenters. The van der Waals surface area contributed by atoms with Gasteiger partial charge in [0.05, 0.1) is 5.52 Å². The average molecular weight is 343 g/mol. The van der Waals surface area contributed by atoms with E-state index in [0.717, 1.165) is 33.6 Å². The molecule has 130 valence electrons. The summed E-state index contributed by atoms with van der Waals surface area (Å²) < 4.78 is 1.85. The molecule has 0 amide bonds. The van der Waals surface area contributed by atoms with Crippen LogP contribution in [0.1, 0.15) is 31.2 Å². The van der Waals surface area contributed by atoms with Gasteiger partial charge in [-0.3, -0.25) is 0 Å². The van der Waals surface area contributed by atoms with Crippen LogP contribution in [0.25, 0.3) is 27.8 Å². The SMILES string of the molecule is Cc1ccc(-c2nnn3c2nc(NC2CCCC2)c2ccccc23)cc1. The quantitative estimate of drug-likeness (QED) is 0.590. The van der Waals surface area contributed by atoms with Crippen molar-refractivity contribution >= 4 is 22.4 Å². The molecule has 5 heteroatoms. The zero-order valence-electron chi connectivity index (χ0n) is 14.8. The van der Waals surface area contributed by atoms with Crippen LogP contribution in [0.2, 0.25) is 0 Å². The van der Waals surface area contributed by atoms with Crippen LogP contribution in [0.15, 0.2) is 48.5 Å². The lowest BCUT2D eigenvalue weighted by Gasteiger charge is -2.15. The van der Waals surface area contributed by atoms with Crippen molar-refractivity contribution < 1.29 is 0 Å². The summed E-state index contributed by atoms with van der Waals surface area (Å²) in [7, 11) is 0. The second-order valence-electron chi connectivity index (χ2n) is 7.14. The minimum absolute atomic E-state index is 0.507. The third-order valence-corrected chi connectivity index (χ3v) is 5.27. The monoisotopic (exact) mass is 343 g/mol. The standard InChI is InChI=1S/C21H21N5/c1-14-10-12-15(13-11-14)19-21-23-20(22-16-6-2-3-7-16)17-8-4-5-9-18(17)26(21)25-24-19/h4-5,8-13,16H,2-3,6-7H2,1H3,(H,22,23). The van der Waals surface area contributed by atoms with E-state index in [2.05, 4.69) is 59.0 Å². The van der Waals surface area contributed by atoms with Crippen LogP contribution in [0.3, 0.4) is 0 Å². The molecule has 1 N–H and O–H groups in total. The molecule has 0 spiro atoms. The van der Waals surface area contributed by atoms with Gasteiger partial charge in [0.1, 0.15) is 11.5 Å². The van der Waals surface area contributed by atoms with E-state index in [-0.39, 0.29) is 0 Å². The summed E-state index contributed by atoms with van der Waals surface area (Å²) in [4.78, 5) is 4.95. The van der Waals surface area contributed by atoms with Gasteiger partial charge in [0, 0.05) is 17.0 Å². The highest BCUT2D eigenvalue weighted by Crippen LogP contribution is 2.30. The molecule has 26 heavy (non-hydrogen) atoms. The van der Waals surface area contributed by atoms with Crippen LogP contribution in [-0.2, 0) is 0 Å². The number of para-hydroxylation sites is 1. The van der Waals surface area contributed by atoms with Crippen LogP contribution in [0.4, 0.5) is 5.82 Å². The van der Waals surface area contributed by atoms with Crippen molar-refractivity contribution in [1.82, 2.24) is 19.8 Å². The van der Waals surface area contributed by atoms with E-state index in [9.17, 15) is 0 Å². The molecule has 0 bridgehead atoms. The topological polar surface area (TPSA) is 55.1 Å². The third kappa shape index (κ3) is 2.51. The van der Waals surface area contributed by atoms with Crippen molar-refractivity contribution in [1.29, 1.82) is 0 Å². The van der Waals surface area contributed by atoms with Crippen molar-refractivity contribution in [3.05, 3.63) is 54.1 Å². The molecule has 0 aliphatic heterocycles. The molecule has 1 aliphatic rings. The van der Waals surface area contributed by atoms with E-state index in [1.807, 2.05) is 16.6 Å². The van der Waals surface area contributed by atoms with Gasteiger partial charge < -0.3 is 5.32 Å². The average Bonchev–Trinajstić information content (AvgIpc) is 3.32. The first-order valence-corrected chi connectivity index (χ1v) is 9.27. The molecule has 5 rings (SSSR count). The summed E-state index contributed by atoms with van der Waals surface area (Å²) in [6, 6.07) is 17.1. The number of aryl methyl sites for hydroxylation is 1. The number of nitrogens with zero attached hydrogens (tertiary/aromatic N) is 4. The van der Waals surface area contributed by atoms with Crippen molar-refractivity contribution in [2.24, 2.45) is 0 Å². The number of benzene rings is 2. The van der Waals surface area contributed by atoms with E-state index < -0.39 is 0 Å². The van der Waals surface area contributed by atoms with Gasteiger partial charge in [-0.15, -0.1) is 5.10 Å². The number of rotatable bonds is 3. The molecule has 5 nitrogen and oxygen atoms in total. The lowest BCUT2D eigenvalue weighted by molar-refractivity contribution is 0.751. The number of hydrogen-bond donors (Lipinski definition) is 1. The van der Waals surface area contributed by atoms with Gasteiger partial charge >= 0.3 is 0 Å². The normalized spacial score (nSPS) is 15.1. The summed E-state index contributed by atoms with van der Waals surface area (Å²) in [6.45, 7) is 2.09. The summed E-state index contributed by atoms with van der Waals surface area (Å²) >= 11 is 0. The van der Waals surface area contributed by atoms with Crippen LogP contribution in [0, 0.1) is 6.92 Å². The van der Waals surface area contributed by atoms with Gasteiger partial charge in [-0.1, -0.05) is 60.0 Å². The highest BCUT2D eigenvalue weighted by Gasteiger charge is 2.19. The Kier molecular flexibility index (Phi) is 3.59. The molecule has 0 radical (unpaired) electrons. The molecule has 2 aromatic carbocycles. The predicted octanol–water partition coefficient (Wildman–Crippen LogP) is 4.61. The lowest BCUT2D eigenvalue weighted by Crippen LogP contribution is -2.16. The number of nitrogens with one attached hydrogen (secondary N) is 1. The molecule has 1 saturated carbocycles. The molecular formula is C21H21N5. The van der Waals surface area contributed by atoms with Gasteiger partial charge in [-0.2, -0.15) is 4.52 Å². The largest absolute Gasteiger partial charge is 0.367 e. The minimum Gasteiger partial charge on any atom is -0.367 e. The van der Waals surface area contributed by atoms with Crippen LogP contribution in [0.5, 0.6) is 0 Å². The van der Waals surface area contributed by atoms with Gasteiger partial charge in [-0.25, -0.2) is 4.98 Å². The van der Waals surface area contributed by atoms with Crippen LogP contribution >= 0.6 is 0 Å². The number of aromatic nitrogens is 4. The molecule has 1 aliphatic carbocycles. The molecular weight excluding hydrogens is 322 g/mol. The highest BCUT2D eigenvalue weighted by atomic mass is 15.4. The van der Waals surface area contributed by atoms with Crippen molar-refractivity contribution in [2.75, 3.05) is 5.32 Å². The molecule has 2 aromatic heterocycles. The summed E-state index contributed by atoms with van der Waals surface area (Å²) in [6.07, 6.45) is 5.01. The molecule has 0 saturated heterocycles. The van der Waals surface area contributed by atoms with Crippen molar-refractivity contribution in [3.63, 3.8) is 0 Å². The third-order valence-electron chi connectivity index (χ3n) is 5.27. The highest BCUT2D eigenvalue weighted by molar-refractivity contribution is 5.93. The Morgan fingerprint density at radius 2 is 1.77 bits per heavy atom. The predicted molar refractivity (Wildman–Crippen MR) is 104 cm³/mol. The van der Waals surface area contributed by atoms with Gasteiger partial charge in [0.15, 0.2) is 5.65 Å². The maximum absolute atomic E-state index is 4.95. The second kappa shape index (κ2) is 6.09. The Morgan fingerprint density at radius 3 is 2.58 bits per heavy atom. The molecule has 0 atom stereocenters. The van der Waals surface area contributed by atoms with Crippen LogP contribution < -0.4 is 5.32 Å². The fraction of sp³-hybridized carbons (Fsp3) is 0.286. The number of fused-ring (bicyclic) bond motifs is 3. The van der Waals surface area contributed by atoms with Crippen molar-refractivity contribution in [2.45, 2.75) is 38.6 Å². The maximum atomic E-state index is 4.95. The fourth-order valence-corrected chi connectivity index (χ4v) is 3.84. The summed E-state index contributed by atoms with van der Waals surface area (Å²) in [5, 5.41) is 13.6. The van der Waals surface area contributed by atoms with Gasteiger partial charge in [0.25, 0.3) is 0 Å². The van der Waals surface area contributed by atoms with Gasteiger partial charge in [0.2, 0.25) is 0 Å². The first-order valence-electron chi connectivity index (χ1n) is 9.27. The van der Waals surface area contributed by atoms with Crippen molar-refractivity contribution in [3.8, 4) is 11.3 Å². The maximum Gasteiger partial charge on any atom is 0.186 e. The summed E-state index contributed by atoms with van der Waals surface area (Å²) in [5.74, 6) is 0.940. The van der Waals surface area contributed by atoms with E-state index in [1.165, 1.54) is 31.2 Å². The molecule has 1 fully saturated rings. The van der Waals surface area contributed by atoms with E-state index in [4.69, 9.17) is 4.98 Å². The number of hydrogen-bond acceptors (Lipinski definition) is 4. The fourth-order valence-electron chi connectivity index (χ4n) is 3.84. The zero-order valence-corrected chi connectivity index (χ0v) is 14.8. The smallest absolute Gasteiger partial charge is 0.186 e. The molecule has 4 aromatic rings. The second-order valence-corrected chi connectivity index (χ2v) is 7.14.